The molecule has 66 valence electrons. The summed E-state index contributed by atoms with van der Waals surface area (Å²) in [6.07, 6.45) is 0. The third kappa shape index (κ3) is 1.05. The number of nitrogens with two attached hydrogens (primary N) is 2. The molecule has 0 radical (unpaired) electrons. The third-order valence-electron chi connectivity index (χ3n) is 2.09. The second kappa shape index (κ2) is 2.55. The van der Waals surface area contributed by atoms with Crippen LogP contribution in [0.15, 0.2) is 30.3 Å². The maximum absolute atomic E-state index is 9.36. The maximum atomic E-state index is 9.36. The number of hydrogen-bond donors (Lipinski definition) is 3. The molecule has 0 spiro atoms. The molecule has 2 aromatic rings. The van der Waals surface area contributed by atoms with Gasteiger partial charge >= 0.3 is 0 Å². The molecule has 0 heterocycles. The molecule has 0 saturated carbocycles. The van der Waals surface area contributed by atoms with Crippen molar-refractivity contribution in [1.29, 1.82) is 0 Å². The van der Waals surface area contributed by atoms with Gasteiger partial charge in [0.05, 0.1) is 5.69 Å². The lowest BCUT2D eigenvalue weighted by Gasteiger charge is -2.06. The summed E-state index contributed by atoms with van der Waals surface area (Å²) in [7, 11) is 0. The van der Waals surface area contributed by atoms with E-state index < -0.39 is 0 Å². The normalized spacial score (nSPS) is 10.5. The van der Waals surface area contributed by atoms with Gasteiger partial charge in [0.25, 0.3) is 0 Å². The first-order chi connectivity index (χ1) is 6.20. The topological polar surface area (TPSA) is 72.3 Å². The molecular formula is C10H10N2O. The van der Waals surface area contributed by atoms with Gasteiger partial charge in [-0.15, -0.1) is 0 Å². The van der Waals surface area contributed by atoms with E-state index in [-0.39, 0.29) is 5.75 Å². The van der Waals surface area contributed by atoms with Gasteiger partial charge in [0, 0.05) is 11.1 Å². The highest BCUT2D eigenvalue weighted by molar-refractivity contribution is 6.03. The van der Waals surface area contributed by atoms with Crippen LogP contribution in [0.5, 0.6) is 5.75 Å². The van der Waals surface area contributed by atoms with Crippen molar-refractivity contribution in [1.82, 2.24) is 0 Å². The molecule has 0 aliphatic heterocycles. The molecule has 3 nitrogen and oxygen atoms in total. The lowest BCUT2D eigenvalue weighted by atomic mass is 10.1. The van der Waals surface area contributed by atoms with Gasteiger partial charge in [-0.1, -0.05) is 18.2 Å². The molecule has 0 atom stereocenters. The second-order valence-corrected chi connectivity index (χ2v) is 2.94. The molecule has 2 rings (SSSR count). The Balaban J connectivity index is 2.97. The van der Waals surface area contributed by atoms with E-state index in [0.717, 1.165) is 10.8 Å². The Morgan fingerprint density at radius 1 is 1.00 bits per heavy atom. The van der Waals surface area contributed by atoms with Gasteiger partial charge in [-0.3, -0.25) is 0 Å². The van der Waals surface area contributed by atoms with E-state index in [1.54, 1.807) is 18.2 Å². The minimum atomic E-state index is 0.0744. The third-order valence-corrected chi connectivity index (χ3v) is 2.09. The molecule has 0 fully saturated rings. The maximum Gasteiger partial charge on any atom is 0.139 e. The number of phenols is 1. The Bertz CT molecular complexity index is 466. The van der Waals surface area contributed by atoms with Crippen LogP contribution in [0.2, 0.25) is 0 Å². The van der Waals surface area contributed by atoms with Crippen molar-refractivity contribution < 1.29 is 5.11 Å². The van der Waals surface area contributed by atoms with Gasteiger partial charge in [-0.05, 0) is 17.5 Å². The number of anilines is 2. The second-order valence-electron chi connectivity index (χ2n) is 2.94. The smallest absolute Gasteiger partial charge is 0.139 e. The fourth-order valence-electron chi connectivity index (χ4n) is 1.43. The van der Waals surface area contributed by atoms with E-state index in [9.17, 15) is 5.11 Å². The largest absolute Gasteiger partial charge is 0.506 e. The van der Waals surface area contributed by atoms with Crippen LogP contribution in [-0.4, -0.2) is 5.11 Å². The average Bonchev–Trinajstić information content (AvgIpc) is 2.12. The molecule has 2 aromatic carbocycles. The van der Waals surface area contributed by atoms with Crippen molar-refractivity contribution in [3.63, 3.8) is 0 Å². The van der Waals surface area contributed by atoms with E-state index in [2.05, 4.69) is 0 Å². The van der Waals surface area contributed by atoms with Crippen LogP contribution in [0.25, 0.3) is 10.8 Å². The quantitative estimate of drug-likeness (QED) is 0.420. The SMILES string of the molecule is Nc1cccc2ccc(O)c(N)c12. The van der Waals surface area contributed by atoms with Gasteiger partial charge < -0.3 is 16.6 Å². The lowest BCUT2D eigenvalue weighted by Crippen LogP contribution is -1.92. The molecule has 0 bridgehead atoms. The molecule has 0 saturated heterocycles. The first-order valence-electron chi connectivity index (χ1n) is 3.96. The van der Waals surface area contributed by atoms with Gasteiger partial charge in [-0.2, -0.15) is 0 Å². The summed E-state index contributed by atoms with van der Waals surface area (Å²) in [5.74, 6) is 0.0744. The zero-order chi connectivity index (χ0) is 9.42. The molecule has 13 heavy (non-hydrogen) atoms. The first-order valence-corrected chi connectivity index (χ1v) is 3.96. The van der Waals surface area contributed by atoms with Crippen LogP contribution in [0.4, 0.5) is 11.4 Å². The number of hydrogen-bond acceptors (Lipinski definition) is 3. The van der Waals surface area contributed by atoms with E-state index in [0.29, 0.717) is 11.4 Å². The summed E-state index contributed by atoms with van der Waals surface area (Å²) >= 11 is 0. The van der Waals surface area contributed by atoms with Gasteiger partial charge in [0.15, 0.2) is 0 Å². The highest BCUT2D eigenvalue weighted by Crippen LogP contribution is 2.32. The first kappa shape index (κ1) is 7.73. The van der Waals surface area contributed by atoms with Crippen molar-refractivity contribution in [2.45, 2.75) is 0 Å². The molecule has 0 amide bonds. The molecular weight excluding hydrogens is 164 g/mol. The molecule has 0 unspecified atom stereocenters. The highest BCUT2D eigenvalue weighted by Gasteiger charge is 2.04. The van der Waals surface area contributed by atoms with Gasteiger partial charge in [0.1, 0.15) is 5.75 Å². The number of aromatic hydroxyl groups is 1. The Morgan fingerprint density at radius 3 is 2.54 bits per heavy atom. The van der Waals surface area contributed by atoms with Crippen molar-refractivity contribution in [2.75, 3.05) is 11.5 Å². The summed E-state index contributed by atoms with van der Waals surface area (Å²) in [5, 5.41) is 11.0. The van der Waals surface area contributed by atoms with Crippen molar-refractivity contribution in [2.24, 2.45) is 0 Å². The van der Waals surface area contributed by atoms with E-state index in [1.165, 1.54) is 0 Å². The Hall–Kier alpha value is -1.90. The molecule has 3 heteroatoms. The van der Waals surface area contributed by atoms with E-state index in [1.807, 2.05) is 12.1 Å². The minimum Gasteiger partial charge on any atom is -0.506 e. The highest BCUT2D eigenvalue weighted by atomic mass is 16.3. The fourth-order valence-corrected chi connectivity index (χ4v) is 1.43. The summed E-state index contributed by atoms with van der Waals surface area (Å²) in [6.45, 7) is 0. The van der Waals surface area contributed by atoms with Crippen LogP contribution in [-0.2, 0) is 0 Å². The number of phenolic OH excluding ortho intramolecular Hbond substituents is 1. The number of benzene rings is 2. The van der Waals surface area contributed by atoms with Crippen molar-refractivity contribution in [3.05, 3.63) is 30.3 Å². The van der Waals surface area contributed by atoms with Crippen LogP contribution in [0.1, 0.15) is 0 Å². The van der Waals surface area contributed by atoms with Crippen molar-refractivity contribution >= 4 is 22.1 Å². The van der Waals surface area contributed by atoms with E-state index >= 15 is 0 Å². The number of nitrogen functional groups attached to an aromatic ring is 2. The molecule has 0 aliphatic rings. The average molecular weight is 174 g/mol. The number of rotatable bonds is 0. The predicted octanol–water partition coefficient (Wildman–Crippen LogP) is 1.71. The monoisotopic (exact) mass is 174 g/mol. The Kier molecular flexibility index (Phi) is 1.52. The summed E-state index contributed by atoms with van der Waals surface area (Å²) < 4.78 is 0. The zero-order valence-electron chi connectivity index (χ0n) is 6.99. The summed E-state index contributed by atoms with van der Waals surface area (Å²) in [6, 6.07) is 8.88. The lowest BCUT2D eigenvalue weighted by molar-refractivity contribution is 0.478. The molecule has 5 N–H and O–H groups in total. The van der Waals surface area contributed by atoms with Crippen molar-refractivity contribution in [3.8, 4) is 5.75 Å². The van der Waals surface area contributed by atoms with Gasteiger partial charge in [-0.25, -0.2) is 0 Å². The fraction of sp³-hybridized carbons (Fsp3) is 0. The minimum absolute atomic E-state index is 0.0744. The summed E-state index contributed by atoms with van der Waals surface area (Å²) in [5.41, 5.74) is 12.4. The van der Waals surface area contributed by atoms with Crippen LogP contribution in [0.3, 0.4) is 0 Å². The van der Waals surface area contributed by atoms with Crippen LogP contribution >= 0.6 is 0 Å². The Labute approximate surface area is 75.6 Å². The number of fused-ring (bicyclic) bond motifs is 1. The standard InChI is InChI=1S/C10H10N2O/c11-7-3-1-2-6-4-5-8(13)10(12)9(6)7/h1-5,13H,11-12H2. The summed E-state index contributed by atoms with van der Waals surface area (Å²) in [4.78, 5) is 0. The zero-order valence-corrected chi connectivity index (χ0v) is 6.99. The molecule has 0 aromatic heterocycles. The Morgan fingerprint density at radius 2 is 1.77 bits per heavy atom. The van der Waals surface area contributed by atoms with E-state index in [4.69, 9.17) is 11.5 Å². The van der Waals surface area contributed by atoms with Crippen LogP contribution < -0.4 is 11.5 Å². The van der Waals surface area contributed by atoms with Crippen LogP contribution in [0, 0.1) is 0 Å². The predicted molar refractivity (Wildman–Crippen MR) is 54.4 cm³/mol. The van der Waals surface area contributed by atoms with Gasteiger partial charge in [0.2, 0.25) is 0 Å². The molecule has 0 aliphatic carbocycles.